The molecule has 0 saturated carbocycles. The Hall–Kier alpha value is -2.55. The van der Waals surface area contributed by atoms with E-state index in [1.54, 1.807) is 30.3 Å². The molecule has 3 rings (SSSR count). The van der Waals surface area contributed by atoms with E-state index in [-0.39, 0.29) is 10.5 Å². The molecule has 3 N–H and O–H groups in total. The molecule has 0 fully saturated rings. The fourth-order valence-corrected chi connectivity index (χ4v) is 3.48. The maximum Gasteiger partial charge on any atom is 0.335 e. The number of carboxylic acid groups (broad SMARTS) is 1. The van der Waals surface area contributed by atoms with Gasteiger partial charge in [0.25, 0.3) is 0 Å². The lowest BCUT2D eigenvalue weighted by Crippen LogP contribution is -2.11. The molecular formula is C16H12N2O4S2. The summed E-state index contributed by atoms with van der Waals surface area (Å²) in [6, 6.07) is 12.7. The molecule has 0 aliphatic carbocycles. The van der Waals surface area contributed by atoms with Crippen molar-refractivity contribution in [3.05, 3.63) is 59.5 Å². The van der Waals surface area contributed by atoms with Crippen molar-refractivity contribution in [3.63, 3.8) is 0 Å². The Morgan fingerprint density at radius 2 is 1.79 bits per heavy atom. The summed E-state index contributed by atoms with van der Waals surface area (Å²) in [5.74, 6) is -0.993. The molecule has 0 amide bonds. The normalized spacial score (nSPS) is 11.4. The number of aromatic nitrogens is 1. The van der Waals surface area contributed by atoms with E-state index < -0.39 is 16.0 Å². The molecule has 8 heteroatoms. The molecule has 24 heavy (non-hydrogen) atoms. The van der Waals surface area contributed by atoms with Crippen molar-refractivity contribution in [1.29, 1.82) is 0 Å². The summed E-state index contributed by atoms with van der Waals surface area (Å²) in [5.41, 5.74) is 2.34. The molecule has 0 bridgehead atoms. The summed E-state index contributed by atoms with van der Waals surface area (Å²) in [4.78, 5) is 15.6. The van der Waals surface area contributed by atoms with Crippen molar-refractivity contribution < 1.29 is 18.3 Å². The third-order valence-corrected chi connectivity index (χ3v) is 5.16. The Kier molecular flexibility index (Phi) is 4.18. The van der Waals surface area contributed by atoms with Crippen molar-refractivity contribution in [1.82, 2.24) is 4.98 Å². The van der Waals surface area contributed by atoms with Crippen LogP contribution in [0.4, 0.5) is 0 Å². The maximum atomic E-state index is 11.3. The Balaban J connectivity index is 1.93. The SMILES string of the molecule is NS(=O)(=O)c1ccc(-c2csc(-c3cccc(C(=O)O)c3)n2)cc1. The largest absolute Gasteiger partial charge is 0.478 e. The summed E-state index contributed by atoms with van der Waals surface area (Å²) in [5, 5.41) is 16.6. The minimum atomic E-state index is -3.73. The fraction of sp³-hybridized carbons (Fsp3) is 0. The van der Waals surface area contributed by atoms with Crippen LogP contribution >= 0.6 is 11.3 Å². The number of carbonyl (C=O) groups is 1. The van der Waals surface area contributed by atoms with E-state index in [0.29, 0.717) is 16.3 Å². The zero-order valence-electron chi connectivity index (χ0n) is 12.2. The number of hydrogen-bond donors (Lipinski definition) is 2. The lowest BCUT2D eigenvalue weighted by Gasteiger charge is -2.01. The molecule has 0 saturated heterocycles. The van der Waals surface area contributed by atoms with Gasteiger partial charge in [0, 0.05) is 16.5 Å². The number of aromatic carboxylic acids is 1. The van der Waals surface area contributed by atoms with Gasteiger partial charge in [0.15, 0.2) is 0 Å². The van der Waals surface area contributed by atoms with Crippen LogP contribution in [-0.4, -0.2) is 24.5 Å². The highest BCUT2D eigenvalue weighted by Crippen LogP contribution is 2.29. The molecule has 3 aromatic rings. The first-order valence-electron chi connectivity index (χ1n) is 6.77. The minimum Gasteiger partial charge on any atom is -0.478 e. The van der Waals surface area contributed by atoms with Crippen LogP contribution in [0.2, 0.25) is 0 Å². The van der Waals surface area contributed by atoms with E-state index in [9.17, 15) is 13.2 Å². The first-order chi connectivity index (χ1) is 11.3. The van der Waals surface area contributed by atoms with Crippen LogP contribution in [-0.2, 0) is 10.0 Å². The van der Waals surface area contributed by atoms with Gasteiger partial charge in [-0.05, 0) is 24.3 Å². The molecule has 1 aromatic heterocycles. The van der Waals surface area contributed by atoms with Gasteiger partial charge in [-0.2, -0.15) is 0 Å². The van der Waals surface area contributed by atoms with Gasteiger partial charge < -0.3 is 5.11 Å². The average Bonchev–Trinajstić information content (AvgIpc) is 3.04. The number of rotatable bonds is 4. The number of primary sulfonamides is 1. The molecule has 0 atom stereocenters. The molecular weight excluding hydrogens is 348 g/mol. The summed E-state index contributed by atoms with van der Waals surface area (Å²) in [6.07, 6.45) is 0. The van der Waals surface area contributed by atoms with E-state index in [2.05, 4.69) is 4.98 Å². The van der Waals surface area contributed by atoms with Crippen LogP contribution in [0.5, 0.6) is 0 Å². The standard InChI is InChI=1S/C16H12N2O4S2/c17-24(21,22)13-6-4-10(5-7-13)14-9-23-15(18-14)11-2-1-3-12(8-11)16(19)20/h1-9H,(H,19,20)(H2,17,21,22). The maximum absolute atomic E-state index is 11.3. The van der Waals surface area contributed by atoms with Gasteiger partial charge in [-0.25, -0.2) is 23.3 Å². The van der Waals surface area contributed by atoms with Crippen molar-refractivity contribution in [2.75, 3.05) is 0 Å². The van der Waals surface area contributed by atoms with Crippen LogP contribution in [0.25, 0.3) is 21.8 Å². The number of sulfonamides is 1. The highest BCUT2D eigenvalue weighted by atomic mass is 32.2. The van der Waals surface area contributed by atoms with Crippen molar-refractivity contribution in [3.8, 4) is 21.8 Å². The van der Waals surface area contributed by atoms with Gasteiger partial charge in [0.2, 0.25) is 10.0 Å². The summed E-state index contributed by atoms with van der Waals surface area (Å²) in [6.45, 7) is 0. The van der Waals surface area contributed by atoms with Gasteiger partial charge in [0.05, 0.1) is 16.2 Å². The zero-order valence-corrected chi connectivity index (χ0v) is 13.8. The second kappa shape index (κ2) is 6.16. The third kappa shape index (κ3) is 3.35. The Labute approximate surface area is 142 Å². The zero-order chi connectivity index (χ0) is 17.3. The lowest BCUT2D eigenvalue weighted by atomic mass is 10.1. The second-order valence-electron chi connectivity index (χ2n) is 4.99. The van der Waals surface area contributed by atoms with E-state index in [0.717, 1.165) is 5.56 Å². The van der Waals surface area contributed by atoms with Gasteiger partial charge in [0.1, 0.15) is 5.01 Å². The first kappa shape index (κ1) is 16.3. The molecule has 0 aliphatic rings. The van der Waals surface area contributed by atoms with E-state index in [4.69, 9.17) is 10.2 Å². The van der Waals surface area contributed by atoms with Gasteiger partial charge >= 0.3 is 5.97 Å². The topological polar surface area (TPSA) is 110 Å². The Morgan fingerprint density at radius 3 is 2.42 bits per heavy atom. The van der Waals surface area contributed by atoms with Crippen LogP contribution in [0, 0.1) is 0 Å². The Morgan fingerprint density at radius 1 is 1.08 bits per heavy atom. The molecule has 6 nitrogen and oxygen atoms in total. The molecule has 2 aromatic carbocycles. The van der Waals surface area contributed by atoms with Crippen LogP contribution in [0.3, 0.4) is 0 Å². The highest BCUT2D eigenvalue weighted by Gasteiger charge is 2.11. The first-order valence-corrected chi connectivity index (χ1v) is 9.20. The van der Waals surface area contributed by atoms with Crippen molar-refractivity contribution in [2.45, 2.75) is 4.90 Å². The monoisotopic (exact) mass is 360 g/mol. The van der Waals surface area contributed by atoms with Gasteiger partial charge in [-0.3, -0.25) is 0 Å². The number of carboxylic acids is 1. The van der Waals surface area contributed by atoms with Crippen LogP contribution < -0.4 is 5.14 Å². The van der Waals surface area contributed by atoms with E-state index in [1.807, 2.05) is 5.38 Å². The smallest absolute Gasteiger partial charge is 0.335 e. The van der Waals surface area contributed by atoms with Gasteiger partial charge in [-0.1, -0.05) is 24.3 Å². The Bertz CT molecular complexity index is 1010. The molecule has 122 valence electrons. The second-order valence-corrected chi connectivity index (χ2v) is 7.41. The predicted molar refractivity (Wildman–Crippen MR) is 91.3 cm³/mol. The fourth-order valence-electron chi connectivity index (χ4n) is 2.14. The number of thiazole rings is 1. The number of nitrogens with zero attached hydrogens (tertiary/aromatic N) is 1. The molecule has 0 radical (unpaired) electrons. The molecule has 0 aliphatic heterocycles. The van der Waals surface area contributed by atoms with Gasteiger partial charge in [-0.15, -0.1) is 11.3 Å². The lowest BCUT2D eigenvalue weighted by molar-refractivity contribution is 0.0697. The number of benzene rings is 2. The molecule has 0 unspecified atom stereocenters. The molecule has 0 spiro atoms. The quantitative estimate of drug-likeness (QED) is 0.743. The number of nitrogens with two attached hydrogens (primary N) is 1. The van der Waals surface area contributed by atoms with Crippen LogP contribution in [0.15, 0.2) is 58.8 Å². The minimum absolute atomic E-state index is 0.0378. The summed E-state index contributed by atoms with van der Waals surface area (Å²) < 4.78 is 22.5. The third-order valence-electron chi connectivity index (χ3n) is 3.34. The van der Waals surface area contributed by atoms with Crippen molar-refractivity contribution in [2.24, 2.45) is 5.14 Å². The average molecular weight is 360 g/mol. The van der Waals surface area contributed by atoms with E-state index >= 15 is 0 Å². The summed E-state index contributed by atoms with van der Waals surface area (Å²) >= 11 is 1.38. The molecule has 1 heterocycles. The number of hydrogen-bond acceptors (Lipinski definition) is 5. The van der Waals surface area contributed by atoms with E-state index in [1.165, 1.54) is 29.5 Å². The van der Waals surface area contributed by atoms with Crippen LogP contribution in [0.1, 0.15) is 10.4 Å². The highest BCUT2D eigenvalue weighted by molar-refractivity contribution is 7.89. The predicted octanol–water partition coefficient (Wildman–Crippen LogP) is 2.82. The van der Waals surface area contributed by atoms with Crippen molar-refractivity contribution >= 4 is 27.3 Å². The summed E-state index contributed by atoms with van der Waals surface area (Å²) in [7, 11) is -3.73.